The SMILES string of the molecule is CN=CCC(=N)S(=O)(=O)Nc1ccnc2c1c(-c1ccc3cc(C)n(C)c3c1)cn2C. The number of pyridine rings is 1. The molecule has 0 saturated carbocycles. The summed E-state index contributed by atoms with van der Waals surface area (Å²) in [6, 6.07) is 9.95. The number of nitrogens with one attached hydrogen (secondary N) is 2. The van der Waals surface area contributed by atoms with E-state index in [4.69, 9.17) is 5.41 Å². The van der Waals surface area contributed by atoms with Crippen molar-refractivity contribution < 1.29 is 8.42 Å². The van der Waals surface area contributed by atoms with E-state index in [-0.39, 0.29) is 6.42 Å². The van der Waals surface area contributed by atoms with Gasteiger partial charge in [-0.15, -0.1) is 0 Å². The fourth-order valence-corrected chi connectivity index (χ4v) is 4.61. The van der Waals surface area contributed by atoms with Crippen LogP contribution in [0, 0.1) is 12.3 Å². The van der Waals surface area contributed by atoms with Crippen LogP contribution in [-0.2, 0) is 24.1 Å². The van der Waals surface area contributed by atoms with Gasteiger partial charge in [0.2, 0.25) is 0 Å². The number of aromatic nitrogens is 3. The van der Waals surface area contributed by atoms with Gasteiger partial charge in [0, 0.05) is 62.9 Å². The lowest BCUT2D eigenvalue weighted by molar-refractivity contribution is 0.611. The summed E-state index contributed by atoms with van der Waals surface area (Å²) in [4.78, 5) is 8.21. The smallest absolute Gasteiger partial charge is 0.275 e. The van der Waals surface area contributed by atoms with Gasteiger partial charge < -0.3 is 14.1 Å². The lowest BCUT2D eigenvalue weighted by Gasteiger charge is -2.11. The van der Waals surface area contributed by atoms with Crippen LogP contribution < -0.4 is 4.72 Å². The minimum absolute atomic E-state index is 0.0643. The number of hydrogen-bond acceptors (Lipinski definition) is 5. The van der Waals surface area contributed by atoms with Gasteiger partial charge in [0.1, 0.15) is 10.7 Å². The van der Waals surface area contributed by atoms with Crippen molar-refractivity contribution in [2.24, 2.45) is 19.1 Å². The Morgan fingerprint density at radius 2 is 2.03 bits per heavy atom. The zero-order valence-electron chi connectivity index (χ0n) is 17.8. The Morgan fingerprint density at radius 1 is 1.26 bits per heavy atom. The second kappa shape index (κ2) is 7.66. The largest absolute Gasteiger partial charge is 0.348 e. The van der Waals surface area contributed by atoms with Crippen LogP contribution in [0.15, 0.2) is 47.7 Å². The first kappa shape index (κ1) is 20.8. The summed E-state index contributed by atoms with van der Waals surface area (Å²) in [5.41, 5.74) is 5.13. The van der Waals surface area contributed by atoms with Crippen molar-refractivity contribution in [3.05, 3.63) is 48.4 Å². The maximum absolute atomic E-state index is 12.7. The van der Waals surface area contributed by atoms with Gasteiger partial charge in [-0.25, -0.2) is 4.98 Å². The van der Waals surface area contributed by atoms with Gasteiger partial charge in [0.15, 0.2) is 0 Å². The Morgan fingerprint density at radius 3 is 2.77 bits per heavy atom. The lowest BCUT2D eigenvalue weighted by Crippen LogP contribution is -2.22. The molecule has 2 N–H and O–H groups in total. The molecule has 4 aromatic rings. The van der Waals surface area contributed by atoms with Gasteiger partial charge in [-0.1, -0.05) is 12.1 Å². The van der Waals surface area contributed by atoms with Crippen molar-refractivity contribution in [2.45, 2.75) is 13.3 Å². The molecular formula is C22H24N6O2S. The monoisotopic (exact) mass is 436 g/mol. The second-order valence-corrected chi connectivity index (χ2v) is 9.21. The topological polar surface area (TPSA) is 105 Å². The summed E-state index contributed by atoms with van der Waals surface area (Å²) in [5, 5.41) is 9.32. The molecule has 0 radical (unpaired) electrons. The Bertz CT molecular complexity index is 1460. The minimum Gasteiger partial charge on any atom is -0.348 e. The van der Waals surface area contributed by atoms with E-state index in [0.717, 1.165) is 27.7 Å². The number of benzene rings is 1. The van der Waals surface area contributed by atoms with Gasteiger partial charge >= 0.3 is 0 Å². The summed E-state index contributed by atoms with van der Waals surface area (Å²) in [6.07, 6.45) is 4.84. The lowest BCUT2D eigenvalue weighted by atomic mass is 10.0. The molecule has 0 unspecified atom stereocenters. The average molecular weight is 437 g/mol. The Balaban J connectivity index is 1.87. The summed E-state index contributed by atoms with van der Waals surface area (Å²) in [5.74, 6) is 0. The highest BCUT2D eigenvalue weighted by Gasteiger charge is 2.21. The van der Waals surface area contributed by atoms with E-state index >= 15 is 0 Å². The Hall–Kier alpha value is -3.46. The number of aliphatic imine (C=N–C) groups is 1. The van der Waals surface area contributed by atoms with Crippen LogP contribution in [0.1, 0.15) is 12.1 Å². The highest BCUT2D eigenvalue weighted by atomic mass is 32.2. The summed E-state index contributed by atoms with van der Waals surface area (Å²) in [6.45, 7) is 2.06. The van der Waals surface area contributed by atoms with E-state index in [2.05, 4.69) is 44.4 Å². The average Bonchev–Trinajstić information content (AvgIpc) is 3.23. The van der Waals surface area contributed by atoms with E-state index in [9.17, 15) is 8.42 Å². The number of nitrogens with zero attached hydrogens (tertiary/aromatic N) is 4. The number of anilines is 1. The molecule has 9 heteroatoms. The van der Waals surface area contributed by atoms with Crippen molar-refractivity contribution in [1.29, 1.82) is 5.41 Å². The molecule has 0 aliphatic carbocycles. The predicted octanol–water partition coefficient (Wildman–Crippen LogP) is 3.85. The van der Waals surface area contributed by atoms with Crippen molar-refractivity contribution >= 4 is 48.9 Å². The zero-order chi connectivity index (χ0) is 22.3. The molecule has 0 spiro atoms. The number of aryl methyl sites for hydroxylation is 3. The van der Waals surface area contributed by atoms with Crippen molar-refractivity contribution in [3.8, 4) is 11.1 Å². The van der Waals surface area contributed by atoms with E-state index < -0.39 is 15.1 Å². The van der Waals surface area contributed by atoms with Crippen LogP contribution in [0.3, 0.4) is 0 Å². The maximum Gasteiger partial charge on any atom is 0.275 e. The standard InChI is InChI=1S/C22H24N6O2S/c1-14-11-16-6-5-15(12-19(16)28(14)4)17-13-27(3)22-21(17)18(7-10-25-22)26-31(29,30)20(23)8-9-24-2/h5-7,9-13,23H,8H2,1-4H3,(H,25,26). The first-order valence-electron chi connectivity index (χ1n) is 9.74. The third kappa shape index (κ3) is 3.61. The van der Waals surface area contributed by atoms with Crippen LogP contribution >= 0.6 is 0 Å². The second-order valence-electron chi connectivity index (χ2n) is 7.50. The molecule has 0 aliphatic rings. The molecule has 0 amide bonds. The fraction of sp³-hybridized carbons (Fsp3) is 0.227. The minimum atomic E-state index is -4.00. The molecule has 160 valence electrons. The quantitative estimate of drug-likeness (QED) is 0.367. The van der Waals surface area contributed by atoms with Gasteiger partial charge in [0.05, 0.1) is 11.1 Å². The molecule has 3 heterocycles. The molecule has 8 nitrogen and oxygen atoms in total. The molecule has 0 aliphatic heterocycles. The van der Waals surface area contributed by atoms with Gasteiger partial charge in [-0.2, -0.15) is 8.42 Å². The highest BCUT2D eigenvalue weighted by Crippen LogP contribution is 2.36. The van der Waals surface area contributed by atoms with Gasteiger partial charge in [0.25, 0.3) is 10.0 Å². The molecule has 4 rings (SSSR count). The van der Waals surface area contributed by atoms with Crippen molar-refractivity contribution in [2.75, 3.05) is 11.8 Å². The first-order chi connectivity index (χ1) is 14.7. The van der Waals surface area contributed by atoms with E-state index in [1.807, 2.05) is 30.9 Å². The van der Waals surface area contributed by atoms with Crippen molar-refractivity contribution in [1.82, 2.24) is 14.1 Å². The Kier molecular flexibility index (Phi) is 5.14. The van der Waals surface area contributed by atoms with Crippen LogP contribution in [0.2, 0.25) is 0 Å². The molecule has 0 fully saturated rings. The molecule has 1 aromatic carbocycles. The summed E-state index contributed by atoms with van der Waals surface area (Å²) < 4.78 is 32.0. The molecule has 0 atom stereocenters. The summed E-state index contributed by atoms with van der Waals surface area (Å²) in [7, 11) is 1.44. The third-order valence-corrected chi connectivity index (χ3v) is 6.79. The molecule has 0 saturated heterocycles. The third-order valence-electron chi connectivity index (χ3n) is 5.48. The van der Waals surface area contributed by atoms with Gasteiger partial charge in [-0.3, -0.25) is 10.1 Å². The number of rotatable bonds is 5. The van der Waals surface area contributed by atoms with E-state index in [1.165, 1.54) is 6.21 Å². The maximum atomic E-state index is 12.7. The first-order valence-corrected chi connectivity index (χ1v) is 11.2. The van der Waals surface area contributed by atoms with Crippen LogP contribution in [-0.4, -0.2) is 40.8 Å². The number of fused-ring (bicyclic) bond motifs is 2. The van der Waals surface area contributed by atoms with E-state index in [0.29, 0.717) is 16.7 Å². The number of hydrogen-bond donors (Lipinski definition) is 2. The van der Waals surface area contributed by atoms with E-state index in [1.54, 1.807) is 19.3 Å². The highest BCUT2D eigenvalue weighted by molar-refractivity contribution is 8.07. The van der Waals surface area contributed by atoms with Gasteiger partial charge in [-0.05, 0) is 36.1 Å². The zero-order valence-corrected chi connectivity index (χ0v) is 18.7. The predicted molar refractivity (Wildman–Crippen MR) is 127 cm³/mol. The van der Waals surface area contributed by atoms with Crippen LogP contribution in [0.25, 0.3) is 33.1 Å². The molecule has 3 aromatic heterocycles. The Labute approximate surface area is 180 Å². The van der Waals surface area contributed by atoms with Crippen LogP contribution in [0.5, 0.6) is 0 Å². The number of sulfonamides is 1. The normalized spacial score (nSPS) is 12.3. The fourth-order valence-electron chi connectivity index (χ4n) is 3.73. The molecular weight excluding hydrogens is 412 g/mol. The molecule has 31 heavy (non-hydrogen) atoms. The summed E-state index contributed by atoms with van der Waals surface area (Å²) >= 11 is 0. The molecule has 0 bridgehead atoms. The van der Waals surface area contributed by atoms with Crippen molar-refractivity contribution in [3.63, 3.8) is 0 Å². The van der Waals surface area contributed by atoms with Crippen LogP contribution in [0.4, 0.5) is 5.69 Å².